The van der Waals surface area contributed by atoms with Gasteiger partial charge in [0, 0.05) is 19.5 Å². The number of likely N-dealkylation sites (tertiary alicyclic amines) is 1. The highest BCUT2D eigenvalue weighted by atomic mass is 16.2. The Morgan fingerprint density at radius 2 is 2.43 bits per heavy atom. The van der Waals surface area contributed by atoms with Crippen LogP contribution in [0.1, 0.15) is 32.6 Å². The zero-order valence-corrected chi connectivity index (χ0v) is 8.96. The Morgan fingerprint density at radius 3 is 3.07 bits per heavy atom. The predicted molar refractivity (Wildman–Crippen MR) is 56.4 cm³/mol. The van der Waals surface area contributed by atoms with Gasteiger partial charge in [-0.3, -0.25) is 10.2 Å². The summed E-state index contributed by atoms with van der Waals surface area (Å²) < 4.78 is 0. The lowest BCUT2D eigenvalue weighted by molar-refractivity contribution is -0.121. The molecular weight excluding hydrogens is 178 g/mol. The van der Waals surface area contributed by atoms with E-state index in [0.717, 1.165) is 25.6 Å². The minimum Gasteiger partial charge on any atom is -0.303 e. The molecule has 4 heteroatoms. The molecule has 0 saturated carbocycles. The van der Waals surface area contributed by atoms with Gasteiger partial charge in [-0.2, -0.15) is 0 Å². The van der Waals surface area contributed by atoms with Crippen molar-refractivity contribution in [1.29, 1.82) is 0 Å². The fourth-order valence-electron chi connectivity index (χ4n) is 2.02. The number of carbonyl (C=O) groups is 1. The Hall–Kier alpha value is -0.610. The lowest BCUT2D eigenvalue weighted by Crippen LogP contribution is -2.39. The second-order valence-corrected chi connectivity index (χ2v) is 4.03. The highest BCUT2D eigenvalue weighted by molar-refractivity contribution is 5.75. The number of hydrogen-bond donors (Lipinski definition) is 2. The number of carbonyl (C=O) groups excluding carboxylic acids is 1. The lowest BCUT2D eigenvalue weighted by atomic mass is 9.95. The van der Waals surface area contributed by atoms with E-state index in [2.05, 4.69) is 17.2 Å². The monoisotopic (exact) mass is 199 g/mol. The van der Waals surface area contributed by atoms with Gasteiger partial charge in [-0.05, 0) is 25.3 Å². The Kier molecular flexibility index (Phi) is 4.90. The maximum absolute atomic E-state index is 10.9. The Bertz CT molecular complexity index is 184. The van der Waals surface area contributed by atoms with Gasteiger partial charge < -0.3 is 4.90 Å². The Balaban J connectivity index is 2.20. The Morgan fingerprint density at radius 1 is 1.64 bits per heavy atom. The molecular formula is C10H21N3O. The zero-order valence-electron chi connectivity index (χ0n) is 8.96. The lowest BCUT2D eigenvalue weighted by Gasteiger charge is -2.31. The van der Waals surface area contributed by atoms with Crippen molar-refractivity contribution in [3.63, 3.8) is 0 Å². The molecule has 0 spiro atoms. The average Bonchev–Trinajstić information content (AvgIpc) is 2.26. The first-order valence-corrected chi connectivity index (χ1v) is 5.48. The molecule has 0 aromatic carbocycles. The van der Waals surface area contributed by atoms with E-state index >= 15 is 0 Å². The number of nitrogens with one attached hydrogen (secondary N) is 1. The van der Waals surface area contributed by atoms with Crippen LogP contribution < -0.4 is 11.3 Å². The molecule has 4 nitrogen and oxygen atoms in total. The first-order chi connectivity index (χ1) is 6.76. The molecule has 1 amide bonds. The maximum atomic E-state index is 10.9. The first kappa shape index (κ1) is 11.5. The SMILES string of the molecule is CCC1CCCN(CCC(=O)NN)C1. The van der Waals surface area contributed by atoms with Gasteiger partial charge in [0.1, 0.15) is 0 Å². The maximum Gasteiger partial charge on any atom is 0.235 e. The van der Waals surface area contributed by atoms with Crippen LogP contribution in [0.25, 0.3) is 0 Å². The van der Waals surface area contributed by atoms with Gasteiger partial charge in [0.05, 0.1) is 0 Å². The van der Waals surface area contributed by atoms with Gasteiger partial charge in [-0.25, -0.2) is 5.84 Å². The zero-order chi connectivity index (χ0) is 10.4. The summed E-state index contributed by atoms with van der Waals surface area (Å²) in [6, 6.07) is 0. The quantitative estimate of drug-likeness (QED) is 0.393. The van der Waals surface area contributed by atoms with E-state index in [4.69, 9.17) is 5.84 Å². The third kappa shape index (κ3) is 3.64. The Labute approximate surface area is 85.8 Å². The van der Waals surface area contributed by atoms with Crippen molar-refractivity contribution < 1.29 is 4.79 Å². The minimum absolute atomic E-state index is 0.0661. The van der Waals surface area contributed by atoms with Crippen molar-refractivity contribution in [2.75, 3.05) is 19.6 Å². The van der Waals surface area contributed by atoms with Crippen LogP contribution in [0.4, 0.5) is 0 Å². The van der Waals surface area contributed by atoms with Gasteiger partial charge in [-0.15, -0.1) is 0 Å². The standard InChI is InChI=1S/C10H21N3O/c1-2-9-4-3-6-13(8-9)7-5-10(14)12-11/h9H,2-8,11H2,1H3,(H,12,14). The van der Waals surface area contributed by atoms with Gasteiger partial charge in [0.15, 0.2) is 0 Å². The van der Waals surface area contributed by atoms with Crippen molar-refractivity contribution in [3.8, 4) is 0 Å². The van der Waals surface area contributed by atoms with E-state index in [-0.39, 0.29) is 5.91 Å². The molecule has 1 heterocycles. The summed E-state index contributed by atoms with van der Waals surface area (Å²) in [4.78, 5) is 13.3. The van der Waals surface area contributed by atoms with E-state index < -0.39 is 0 Å². The molecule has 0 radical (unpaired) electrons. The molecule has 1 saturated heterocycles. The van der Waals surface area contributed by atoms with Gasteiger partial charge >= 0.3 is 0 Å². The highest BCUT2D eigenvalue weighted by Crippen LogP contribution is 2.18. The summed E-state index contributed by atoms with van der Waals surface area (Å²) in [5.74, 6) is 5.78. The van der Waals surface area contributed by atoms with Crippen LogP contribution in [0.5, 0.6) is 0 Å². The van der Waals surface area contributed by atoms with Crippen molar-refractivity contribution >= 4 is 5.91 Å². The summed E-state index contributed by atoms with van der Waals surface area (Å²) >= 11 is 0. The molecule has 0 bridgehead atoms. The molecule has 1 fully saturated rings. The molecule has 82 valence electrons. The number of hydrogen-bond acceptors (Lipinski definition) is 3. The largest absolute Gasteiger partial charge is 0.303 e. The average molecular weight is 199 g/mol. The molecule has 0 aromatic rings. The normalized spacial score (nSPS) is 23.4. The predicted octanol–water partition coefficient (Wildman–Crippen LogP) is 0.488. The summed E-state index contributed by atoms with van der Waals surface area (Å²) in [5.41, 5.74) is 2.16. The summed E-state index contributed by atoms with van der Waals surface area (Å²) in [7, 11) is 0. The van der Waals surface area contributed by atoms with Crippen LogP contribution in [0.3, 0.4) is 0 Å². The summed E-state index contributed by atoms with van der Waals surface area (Å²) in [6.07, 6.45) is 4.38. The number of hydrazine groups is 1. The van der Waals surface area contributed by atoms with Crippen LogP contribution in [-0.4, -0.2) is 30.4 Å². The molecule has 0 aliphatic carbocycles. The van der Waals surface area contributed by atoms with Gasteiger partial charge in [-0.1, -0.05) is 13.3 Å². The molecule has 1 rings (SSSR count). The van der Waals surface area contributed by atoms with Crippen molar-refractivity contribution in [2.45, 2.75) is 32.6 Å². The van der Waals surface area contributed by atoms with Gasteiger partial charge in [0.25, 0.3) is 0 Å². The number of amides is 1. The minimum atomic E-state index is -0.0661. The van der Waals surface area contributed by atoms with E-state index in [1.165, 1.54) is 19.3 Å². The van der Waals surface area contributed by atoms with E-state index in [1.54, 1.807) is 0 Å². The van der Waals surface area contributed by atoms with Crippen LogP contribution in [0, 0.1) is 5.92 Å². The third-order valence-electron chi connectivity index (χ3n) is 3.00. The second-order valence-electron chi connectivity index (χ2n) is 4.03. The van der Waals surface area contributed by atoms with E-state index in [9.17, 15) is 4.79 Å². The van der Waals surface area contributed by atoms with E-state index in [1.807, 2.05) is 0 Å². The number of nitrogens with zero attached hydrogens (tertiary/aromatic N) is 1. The van der Waals surface area contributed by atoms with Crippen LogP contribution in [-0.2, 0) is 4.79 Å². The topological polar surface area (TPSA) is 58.4 Å². The molecule has 1 unspecified atom stereocenters. The second kappa shape index (κ2) is 5.98. The van der Waals surface area contributed by atoms with Crippen molar-refractivity contribution in [2.24, 2.45) is 11.8 Å². The van der Waals surface area contributed by atoms with Crippen molar-refractivity contribution in [1.82, 2.24) is 10.3 Å². The van der Waals surface area contributed by atoms with E-state index in [0.29, 0.717) is 6.42 Å². The molecule has 1 atom stereocenters. The molecule has 3 N–H and O–H groups in total. The number of nitrogens with two attached hydrogens (primary N) is 1. The molecule has 1 aliphatic rings. The van der Waals surface area contributed by atoms with Gasteiger partial charge in [0.2, 0.25) is 5.91 Å². The summed E-state index contributed by atoms with van der Waals surface area (Å²) in [5, 5.41) is 0. The molecule has 14 heavy (non-hydrogen) atoms. The number of rotatable bonds is 4. The third-order valence-corrected chi connectivity index (χ3v) is 3.00. The fourth-order valence-corrected chi connectivity index (χ4v) is 2.02. The first-order valence-electron chi connectivity index (χ1n) is 5.48. The van der Waals surface area contributed by atoms with Crippen molar-refractivity contribution in [3.05, 3.63) is 0 Å². The highest BCUT2D eigenvalue weighted by Gasteiger charge is 2.18. The van der Waals surface area contributed by atoms with Crippen LogP contribution >= 0.6 is 0 Å². The smallest absolute Gasteiger partial charge is 0.235 e. The number of piperidine rings is 1. The summed E-state index contributed by atoms with van der Waals surface area (Å²) in [6.45, 7) is 5.36. The molecule has 0 aromatic heterocycles. The van der Waals surface area contributed by atoms with Crippen LogP contribution in [0.2, 0.25) is 0 Å². The van der Waals surface area contributed by atoms with Crippen LogP contribution in [0.15, 0.2) is 0 Å². The fraction of sp³-hybridized carbons (Fsp3) is 0.900. The molecule has 1 aliphatic heterocycles.